The van der Waals surface area contributed by atoms with Gasteiger partial charge < -0.3 is 9.88 Å². The second kappa shape index (κ2) is 7.51. The molecule has 2 aromatic heterocycles. The van der Waals surface area contributed by atoms with Gasteiger partial charge in [-0.1, -0.05) is 26.0 Å². The molecule has 0 unspecified atom stereocenters. The van der Waals surface area contributed by atoms with Crippen molar-refractivity contribution in [2.75, 3.05) is 0 Å². The minimum Gasteiger partial charge on any atom is -0.350 e. The zero-order valence-corrected chi connectivity index (χ0v) is 15.1. The molecule has 0 aliphatic heterocycles. The first-order valence-corrected chi connectivity index (χ1v) is 8.92. The first-order chi connectivity index (χ1) is 12.2. The van der Waals surface area contributed by atoms with Gasteiger partial charge in [0.25, 0.3) is 0 Å². The highest BCUT2D eigenvalue weighted by Gasteiger charge is 2.23. The van der Waals surface area contributed by atoms with Crippen LogP contribution in [0.15, 0.2) is 36.7 Å². The molecule has 1 atom stereocenters. The van der Waals surface area contributed by atoms with Gasteiger partial charge in [-0.2, -0.15) is 5.10 Å². The van der Waals surface area contributed by atoms with Crippen LogP contribution < -0.4 is 5.32 Å². The van der Waals surface area contributed by atoms with Crippen LogP contribution in [-0.2, 0) is 24.3 Å². The highest BCUT2D eigenvalue weighted by Crippen LogP contribution is 2.24. The summed E-state index contributed by atoms with van der Waals surface area (Å²) >= 11 is 0. The van der Waals surface area contributed by atoms with Crippen LogP contribution >= 0.6 is 0 Å². The summed E-state index contributed by atoms with van der Waals surface area (Å²) in [7, 11) is 0. The summed E-state index contributed by atoms with van der Waals surface area (Å²) in [5.74, 6) is 0.964. The predicted octanol–water partition coefficient (Wildman–Crippen LogP) is 3.08. The van der Waals surface area contributed by atoms with Crippen LogP contribution in [0.25, 0.3) is 11.0 Å². The van der Waals surface area contributed by atoms with Crippen LogP contribution in [0.2, 0.25) is 0 Å². The Hall–Kier alpha value is -2.63. The minimum atomic E-state index is -0.261. The molecule has 0 saturated heterocycles. The quantitative estimate of drug-likeness (QED) is 0.719. The van der Waals surface area contributed by atoms with Crippen LogP contribution in [-0.4, -0.2) is 25.2 Å². The van der Waals surface area contributed by atoms with Crippen molar-refractivity contribution in [1.82, 2.24) is 24.6 Å². The number of para-hydroxylation sites is 2. The summed E-state index contributed by atoms with van der Waals surface area (Å²) in [5, 5.41) is 7.30. The number of benzene rings is 1. The second-order valence-electron chi connectivity index (χ2n) is 6.09. The van der Waals surface area contributed by atoms with E-state index in [9.17, 15) is 4.79 Å². The molecule has 3 rings (SSSR count). The predicted molar refractivity (Wildman–Crippen MR) is 98.2 cm³/mol. The summed E-state index contributed by atoms with van der Waals surface area (Å²) < 4.78 is 3.94. The van der Waals surface area contributed by atoms with Gasteiger partial charge in [0.2, 0.25) is 5.91 Å². The van der Waals surface area contributed by atoms with Gasteiger partial charge in [-0.05, 0) is 25.5 Å². The van der Waals surface area contributed by atoms with Gasteiger partial charge in [0.05, 0.1) is 17.2 Å². The van der Waals surface area contributed by atoms with Gasteiger partial charge in [-0.3, -0.25) is 9.48 Å². The van der Waals surface area contributed by atoms with Crippen LogP contribution in [0, 0.1) is 0 Å². The molecule has 2 heterocycles. The molecule has 0 bridgehead atoms. The van der Waals surface area contributed by atoms with Crippen molar-refractivity contribution in [3.8, 4) is 0 Å². The molecule has 1 aromatic carbocycles. The first kappa shape index (κ1) is 17.2. The van der Waals surface area contributed by atoms with Crippen LogP contribution in [0.1, 0.15) is 44.6 Å². The number of aryl methyl sites for hydroxylation is 2. The van der Waals surface area contributed by atoms with E-state index in [1.165, 1.54) is 0 Å². The number of fused-ring (bicyclic) bond motifs is 1. The fraction of sp³-hybridized carbons (Fsp3) is 0.421. The lowest BCUT2D eigenvalue weighted by atomic mass is 10.1. The van der Waals surface area contributed by atoms with E-state index < -0.39 is 0 Å². The van der Waals surface area contributed by atoms with E-state index in [2.05, 4.69) is 26.9 Å². The maximum atomic E-state index is 12.8. The van der Waals surface area contributed by atoms with Gasteiger partial charge in [0, 0.05) is 31.3 Å². The minimum absolute atomic E-state index is 0.0181. The lowest BCUT2D eigenvalue weighted by Crippen LogP contribution is -2.32. The first-order valence-electron chi connectivity index (χ1n) is 8.92. The number of aromatic nitrogens is 4. The van der Waals surface area contributed by atoms with Crippen molar-refractivity contribution in [3.63, 3.8) is 0 Å². The number of rotatable bonds is 7. The van der Waals surface area contributed by atoms with Gasteiger partial charge in [-0.15, -0.1) is 0 Å². The highest BCUT2D eigenvalue weighted by molar-refractivity contribution is 5.84. The standard InChI is InChI=1S/C19H25N5O/c1-4-16(19(25)20-11-14-12-21-23(6-3)13-14)24-17-10-8-7-9-15(17)22-18(24)5-2/h7-10,12-13,16H,4-6,11H2,1-3H3,(H,20,25)/t16-/m1/s1. The number of hydrogen-bond donors (Lipinski definition) is 1. The zero-order chi connectivity index (χ0) is 17.8. The maximum absolute atomic E-state index is 12.8. The Labute approximate surface area is 147 Å². The van der Waals surface area contributed by atoms with Crippen molar-refractivity contribution in [3.05, 3.63) is 48.0 Å². The van der Waals surface area contributed by atoms with Crippen LogP contribution in [0.5, 0.6) is 0 Å². The SMILES string of the molecule is CCc1nc2ccccc2n1[C@H](CC)C(=O)NCc1cnn(CC)c1. The summed E-state index contributed by atoms with van der Waals surface area (Å²) in [4.78, 5) is 17.5. The van der Waals surface area contributed by atoms with Gasteiger partial charge >= 0.3 is 0 Å². The van der Waals surface area contributed by atoms with Crippen LogP contribution in [0.3, 0.4) is 0 Å². The molecule has 0 fully saturated rings. The maximum Gasteiger partial charge on any atom is 0.243 e. The fourth-order valence-corrected chi connectivity index (χ4v) is 3.15. The Morgan fingerprint density at radius 1 is 1.24 bits per heavy atom. The Bertz CT molecular complexity index is 864. The van der Waals surface area contributed by atoms with Crippen molar-refractivity contribution >= 4 is 16.9 Å². The largest absolute Gasteiger partial charge is 0.350 e. The summed E-state index contributed by atoms with van der Waals surface area (Å²) in [6.07, 6.45) is 5.27. The third-order valence-corrected chi connectivity index (χ3v) is 4.46. The molecule has 1 amide bonds. The normalized spacial score (nSPS) is 12.4. The smallest absolute Gasteiger partial charge is 0.243 e. The summed E-state index contributed by atoms with van der Waals surface area (Å²) in [6, 6.07) is 7.73. The molecule has 0 spiro atoms. The Morgan fingerprint density at radius 3 is 2.72 bits per heavy atom. The van der Waals surface area contributed by atoms with Crippen molar-refractivity contribution in [1.29, 1.82) is 0 Å². The zero-order valence-electron chi connectivity index (χ0n) is 15.1. The van der Waals surface area contributed by atoms with E-state index >= 15 is 0 Å². The molecule has 3 aromatic rings. The Kier molecular flexibility index (Phi) is 5.16. The number of carbonyl (C=O) groups is 1. The third kappa shape index (κ3) is 3.43. The average molecular weight is 339 g/mol. The molecule has 1 N–H and O–H groups in total. The molecule has 0 saturated carbocycles. The van der Waals surface area contributed by atoms with Gasteiger partial charge in [0.1, 0.15) is 11.9 Å². The van der Waals surface area contributed by atoms with Gasteiger partial charge in [-0.25, -0.2) is 4.98 Å². The number of amides is 1. The lowest BCUT2D eigenvalue weighted by molar-refractivity contribution is -0.124. The molecular formula is C19H25N5O. The van der Waals surface area contributed by atoms with Crippen molar-refractivity contribution < 1.29 is 4.79 Å². The van der Waals surface area contributed by atoms with E-state index in [1.807, 2.05) is 49.0 Å². The van der Waals surface area contributed by atoms with E-state index in [0.29, 0.717) is 13.0 Å². The topological polar surface area (TPSA) is 64.7 Å². The molecular weight excluding hydrogens is 314 g/mol. The lowest BCUT2D eigenvalue weighted by Gasteiger charge is -2.19. The van der Waals surface area contributed by atoms with E-state index in [0.717, 1.165) is 35.4 Å². The molecule has 0 radical (unpaired) electrons. The fourth-order valence-electron chi connectivity index (χ4n) is 3.15. The number of hydrogen-bond acceptors (Lipinski definition) is 3. The number of nitrogens with one attached hydrogen (secondary N) is 1. The summed E-state index contributed by atoms with van der Waals surface area (Å²) in [5.41, 5.74) is 2.96. The second-order valence-corrected chi connectivity index (χ2v) is 6.09. The molecule has 0 aliphatic carbocycles. The Balaban J connectivity index is 1.83. The molecule has 6 heteroatoms. The van der Waals surface area contributed by atoms with Crippen molar-refractivity contribution in [2.45, 2.75) is 52.7 Å². The third-order valence-electron chi connectivity index (χ3n) is 4.46. The molecule has 6 nitrogen and oxygen atoms in total. The molecule has 132 valence electrons. The molecule has 25 heavy (non-hydrogen) atoms. The van der Waals surface area contributed by atoms with E-state index in [1.54, 1.807) is 6.20 Å². The average Bonchev–Trinajstić information content (AvgIpc) is 3.25. The van der Waals surface area contributed by atoms with Gasteiger partial charge in [0.15, 0.2) is 0 Å². The number of imidazole rings is 1. The number of carbonyl (C=O) groups excluding carboxylic acids is 1. The van der Waals surface area contributed by atoms with Crippen LogP contribution in [0.4, 0.5) is 0 Å². The summed E-state index contributed by atoms with van der Waals surface area (Å²) in [6.45, 7) is 7.46. The van der Waals surface area contributed by atoms with Crippen molar-refractivity contribution in [2.24, 2.45) is 0 Å². The number of nitrogens with zero attached hydrogens (tertiary/aromatic N) is 4. The Morgan fingerprint density at radius 2 is 2.04 bits per heavy atom. The van der Waals surface area contributed by atoms with E-state index in [-0.39, 0.29) is 11.9 Å². The highest BCUT2D eigenvalue weighted by atomic mass is 16.2. The molecule has 0 aliphatic rings. The van der Waals surface area contributed by atoms with E-state index in [4.69, 9.17) is 0 Å². The monoisotopic (exact) mass is 339 g/mol.